The van der Waals surface area contributed by atoms with E-state index < -0.39 is 0 Å². The Bertz CT molecular complexity index is 783. The maximum atomic E-state index is 11.9. The summed E-state index contributed by atoms with van der Waals surface area (Å²) in [6.45, 7) is 1.38. The highest BCUT2D eigenvalue weighted by atomic mass is 16.1. The van der Waals surface area contributed by atoms with Gasteiger partial charge < -0.3 is 5.32 Å². The summed E-state index contributed by atoms with van der Waals surface area (Å²) in [6, 6.07) is 13.0. The van der Waals surface area contributed by atoms with Crippen molar-refractivity contribution in [3.8, 4) is 0 Å². The van der Waals surface area contributed by atoms with Gasteiger partial charge in [0.05, 0.1) is 5.69 Å². The van der Waals surface area contributed by atoms with Gasteiger partial charge in [-0.15, -0.1) is 0 Å². The van der Waals surface area contributed by atoms with Crippen molar-refractivity contribution in [3.05, 3.63) is 76.6 Å². The first-order valence-electron chi connectivity index (χ1n) is 6.91. The second kappa shape index (κ2) is 6.28. The third-order valence-corrected chi connectivity index (χ3v) is 3.21. The van der Waals surface area contributed by atoms with Crippen molar-refractivity contribution in [1.29, 1.82) is 0 Å². The van der Waals surface area contributed by atoms with Gasteiger partial charge in [0.25, 0.3) is 5.56 Å². The number of hydrogen-bond donors (Lipinski definition) is 1. The van der Waals surface area contributed by atoms with Crippen LogP contribution in [0.4, 0.5) is 0 Å². The highest BCUT2D eigenvalue weighted by Gasteiger charge is 2.01. The lowest BCUT2D eigenvalue weighted by Gasteiger charge is -2.05. The topological polar surface area (TPSA) is 59.3 Å². The Labute approximate surface area is 122 Å². The van der Waals surface area contributed by atoms with E-state index in [1.807, 2.05) is 36.4 Å². The molecule has 3 aromatic heterocycles. The third-order valence-electron chi connectivity index (χ3n) is 3.21. The van der Waals surface area contributed by atoms with Crippen LogP contribution >= 0.6 is 0 Å². The molecule has 3 aromatic rings. The van der Waals surface area contributed by atoms with E-state index in [2.05, 4.69) is 15.3 Å². The van der Waals surface area contributed by atoms with Gasteiger partial charge in [-0.25, -0.2) is 4.98 Å². The zero-order chi connectivity index (χ0) is 14.5. The van der Waals surface area contributed by atoms with Crippen molar-refractivity contribution >= 4 is 5.65 Å². The molecule has 0 saturated carbocycles. The van der Waals surface area contributed by atoms with Gasteiger partial charge in [0.15, 0.2) is 0 Å². The first kappa shape index (κ1) is 13.5. The fourth-order valence-electron chi connectivity index (χ4n) is 2.17. The molecular weight excluding hydrogens is 264 g/mol. The number of nitrogens with zero attached hydrogens (tertiary/aromatic N) is 3. The SMILES string of the molecule is O=c1cc(CNCCc2ccccn2)nc2ccccn12. The van der Waals surface area contributed by atoms with E-state index in [1.54, 1.807) is 18.5 Å². The van der Waals surface area contributed by atoms with E-state index in [9.17, 15) is 4.79 Å². The Kier molecular flexibility index (Phi) is 4.02. The Balaban J connectivity index is 1.62. The molecule has 0 amide bonds. The van der Waals surface area contributed by atoms with Crippen molar-refractivity contribution in [1.82, 2.24) is 19.7 Å². The van der Waals surface area contributed by atoms with E-state index in [0.717, 1.165) is 24.4 Å². The monoisotopic (exact) mass is 280 g/mol. The molecule has 0 saturated heterocycles. The van der Waals surface area contributed by atoms with Crippen LogP contribution in [0.1, 0.15) is 11.4 Å². The first-order valence-corrected chi connectivity index (χ1v) is 6.91. The van der Waals surface area contributed by atoms with Crippen LogP contribution in [0.5, 0.6) is 0 Å². The van der Waals surface area contributed by atoms with Gasteiger partial charge in [-0.05, 0) is 24.3 Å². The summed E-state index contributed by atoms with van der Waals surface area (Å²) in [5.41, 5.74) is 2.43. The van der Waals surface area contributed by atoms with Gasteiger partial charge in [-0.2, -0.15) is 0 Å². The number of aromatic nitrogens is 3. The van der Waals surface area contributed by atoms with Gasteiger partial charge in [0.1, 0.15) is 5.65 Å². The number of pyridine rings is 2. The van der Waals surface area contributed by atoms with Crippen LogP contribution in [0.3, 0.4) is 0 Å². The molecule has 106 valence electrons. The van der Waals surface area contributed by atoms with Crippen LogP contribution < -0.4 is 10.9 Å². The minimum atomic E-state index is -0.0536. The molecule has 21 heavy (non-hydrogen) atoms. The van der Waals surface area contributed by atoms with E-state index in [1.165, 1.54) is 4.40 Å². The van der Waals surface area contributed by atoms with Gasteiger partial charge in [0.2, 0.25) is 0 Å². The number of nitrogens with one attached hydrogen (secondary N) is 1. The summed E-state index contributed by atoms with van der Waals surface area (Å²) in [5, 5.41) is 3.29. The first-order chi connectivity index (χ1) is 10.3. The summed E-state index contributed by atoms with van der Waals surface area (Å²) in [7, 11) is 0. The van der Waals surface area contributed by atoms with Crippen LogP contribution in [0.15, 0.2) is 59.7 Å². The third kappa shape index (κ3) is 3.32. The van der Waals surface area contributed by atoms with Crippen molar-refractivity contribution in [2.45, 2.75) is 13.0 Å². The summed E-state index contributed by atoms with van der Waals surface area (Å²) < 4.78 is 1.54. The van der Waals surface area contributed by atoms with Crippen LogP contribution in [-0.2, 0) is 13.0 Å². The smallest absolute Gasteiger partial charge is 0.258 e. The molecule has 0 unspecified atom stereocenters. The van der Waals surface area contributed by atoms with Crippen molar-refractivity contribution in [2.24, 2.45) is 0 Å². The van der Waals surface area contributed by atoms with Gasteiger partial charge >= 0.3 is 0 Å². The predicted octanol–water partition coefficient (Wildman–Crippen LogP) is 1.42. The maximum absolute atomic E-state index is 11.9. The minimum absolute atomic E-state index is 0.0536. The van der Waals surface area contributed by atoms with Crippen molar-refractivity contribution in [3.63, 3.8) is 0 Å². The molecule has 0 aliphatic heterocycles. The van der Waals surface area contributed by atoms with Crippen LogP contribution in [0, 0.1) is 0 Å². The summed E-state index contributed by atoms with van der Waals surface area (Å²) in [4.78, 5) is 20.7. The second-order valence-electron chi connectivity index (χ2n) is 4.76. The molecule has 0 atom stereocenters. The molecule has 0 spiro atoms. The normalized spacial score (nSPS) is 10.9. The highest BCUT2D eigenvalue weighted by Crippen LogP contribution is 1.99. The van der Waals surface area contributed by atoms with Crippen molar-refractivity contribution in [2.75, 3.05) is 6.54 Å². The standard InChI is InChI=1S/C16H16N4O/c21-16-11-14(19-15-6-2-4-10-20(15)16)12-17-9-7-13-5-1-3-8-18-13/h1-6,8,10-11,17H,7,9,12H2. The lowest BCUT2D eigenvalue weighted by atomic mass is 10.2. The Morgan fingerprint density at radius 1 is 1.10 bits per heavy atom. The number of fused-ring (bicyclic) bond motifs is 1. The van der Waals surface area contributed by atoms with Crippen molar-refractivity contribution < 1.29 is 0 Å². The fourth-order valence-corrected chi connectivity index (χ4v) is 2.17. The highest BCUT2D eigenvalue weighted by molar-refractivity contribution is 5.37. The summed E-state index contributed by atoms with van der Waals surface area (Å²) >= 11 is 0. The second-order valence-corrected chi connectivity index (χ2v) is 4.76. The quantitative estimate of drug-likeness (QED) is 0.718. The molecular formula is C16H16N4O. The zero-order valence-electron chi connectivity index (χ0n) is 11.6. The lowest BCUT2D eigenvalue weighted by Crippen LogP contribution is -2.21. The molecule has 0 radical (unpaired) electrons. The molecule has 0 fully saturated rings. The van der Waals surface area contributed by atoms with Crippen LogP contribution in [0.25, 0.3) is 5.65 Å². The summed E-state index contributed by atoms with van der Waals surface area (Å²) in [5.74, 6) is 0. The Morgan fingerprint density at radius 2 is 2.00 bits per heavy atom. The lowest BCUT2D eigenvalue weighted by molar-refractivity contribution is 0.667. The molecule has 1 N–H and O–H groups in total. The molecule has 0 bridgehead atoms. The molecule has 0 aromatic carbocycles. The largest absolute Gasteiger partial charge is 0.311 e. The molecule has 3 heterocycles. The average Bonchev–Trinajstić information content (AvgIpc) is 2.53. The van der Waals surface area contributed by atoms with Gasteiger partial charge in [-0.1, -0.05) is 12.1 Å². The van der Waals surface area contributed by atoms with E-state index in [0.29, 0.717) is 12.2 Å². The fraction of sp³-hybridized carbons (Fsp3) is 0.188. The number of hydrogen-bond acceptors (Lipinski definition) is 4. The maximum Gasteiger partial charge on any atom is 0.258 e. The van der Waals surface area contributed by atoms with Crippen LogP contribution in [0.2, 0.25) is 0 Å². The number of rotatable bonds is 5. The average molecular weight is 280 g/mol. The van der Waals surface area contributed by atoms with Crippen LogP contribution in [-0.4, -0.2) is 20.9 Å². The van der Waals surface area contributed by atoms with E-state index in [-0.39, 0.29) is 5.56 Å². The van der Waals surface area contributed by atoms with E-state index in [4.69, 9.17) is 0 Å². The Morgan fingerprint density at radius 3 is 2.86 bits per heavy atom. The zero-order valence-corrected chi connectivity index (χ0v) is 11.6. The Hall–Kier alpha value is -2.53. The van der Waals surface area contributed by atoms with Gasteiger partial charge in [0, 0.05) is 43.7 Å². The molecule has 5 heteroatoms. The molecule has 0 aliphatic carbocycles. The minimum Gasteiger partial charge on any atom is -0.311 e. The van der Waals surface area contributed by atoms with E-state index >= 15 is 0 Å². The molecule has 0 aliphatic rings. The molecule has 5 nitrogen and oxygen atoms in total. The molecule has 3 rings (SSSR count). The van der Waals surface area contributed by atoms with Gasteiger partial charge in [-0.3, -0.25) is 14.2 Å². The predicted molar refractivity (Wildman–Crippen MR) is 81.1 cm³/mol. The summed E-state index contributed by atoms with van der Waals surface area (Å²) in [6.07, 6.45) is 4.37.